The first-order valence-corrected chi connectivity index (χ1v) is 8.20. The number of nitrogens with zero attached hydrogens (tertiary/aromatic N) is 1. The third kappa shape index (κ3) is 1.65. The summed E-state index contributed by atoms with van der Waals surface area (Å²) >= 11 is 0. The SMILES string of the molecule is C=CCc1cccc2c3cc4c(cc3n(C)c12)oc1ccccc14. The second-order valence-corrected chi connectivity index (χ2v) is 6.33. The number of allylic oxidation sites excluding steroid dienone is 1. The van der Waals surface area contributed by atoms with E-state index in [1.54, 1.807) is 0 Å². The second-order valence-electron chi connectivity index (χ2n) is 6.33. The van der Waals surface area contributed by atoms with E-state index >= 15 is 0 Å². The van der Waals surface area contributed by atoms with E-state index in [2.05, 4.69) is 60.7 Å². The van der Waals surface area contributed by atoms with Crippen LogP contribution in [0.2, 0.25) is 0 Å². The van der Waals surface area contributed by atoms with Crippen LogP contribution in [-0.2, 0) is 13.5 Å². The Morgan fingerprint density at radius 2 is 1.75 bits per heavy atom. The average molecular weight is 311 g/mol. The highest BCUT2D eigenvalue weighted by Gasteiger charge is 2.14. The quantitative estimate of drug-likeness (QED) is 0.368. The summed E-state index contributed by atoms with van der Waals surface area (Å²) in [7, 11) is 2.13. The topological polar surface area (TPSA) is 18.1 Å². The maximum Gasteiger partial charge on any atom is 0.137 e. The largest absolute Gasteiger partial charge is 0.456 e. The van der Waals surface area contributed by atoms with Gasteiger partial charge in [-0.05, 0) is 24.1 Å². The van der Waals surface area contributed by atoms with E-state index in [9.17, 15) is 0 Å². The van der Waals surface area contributed by atoms with Gasteiger partial charge in [0.2, 0.25) is 0 Å². The van der Waals surface area contributed by atoms with Crippen molar-refractivity contribution in [3.8, 4) is 0 Å². The predicted molar refractivity (Wildman–Crippen MR) is 102 cm³/mol. The number of hydrogen-bond donors (Lipinski definition) is 0. The Balaban J connectivity index is 1.99. The van der Waals surface area contributed by atoms with Crippen LogP contribution in [0.3, 0.4) is 0 Å². The van der Waals surface area contributed by atoms with Crippen LogP contribution in [0.5, 0.6) is 0 Å². The molecule has 0 saturated carbocycles. The third-order valence-electron chi connectivity index (χ3n) is 4.97. The smallest absolute Gasteiger partial charge is 0.137 e. The lowest BCUT2D eigenvalue weighted by molar-refractivity contribution is 0.669. The van der Waals surface area contributed by atoms with Crippen molar-refractivity contribution in [1.29, 1.82) is 0 Å². The van der Waals surface area contributed by atoms with Gasteiger partial charge >= 0.3 is 0 Å². The molecule has 0 spiro atoms. The molecular formula is C22H17NO. The number of hydrogen-bond acceptors (Lipinski definition) is 1. The van der Waals surface area contributed by atoms with Gasteiger partial charge in [0.1, 0.15) is 11.2 Å². The maximum atomic E-state index is 6.06. The van der Waals surface area contributed by atoms with Gasteiger partial charge in [-0.15, -0.1) is 6.58 Å². The van der Waals surface area contributed by atoms with Gasteiger partial charge in [0.15, 0.2) is 0 Å². The van der Waals surface area contributed by atoms with E-state index in [1.807, 2.05) is 18.2 Å². The number of aromatic nitrogens is 1. The van der Waals surface area contributed by atoms with Crippen LogP contribution in [0.15, 0.2) is 71.7 Å². The van der Waals surface area contributed by atoms with Gasteiger partial charge in [0.25, 0.3) is 0 Å². The van der Waals surface area contributed by atoms with Gasteiger partial charge in [-0.1, -0.05) is 42.5 Å². The molecule has 0 saturated heterocycles. The molecule has 0 aliphatic heterocycles. The molecule has 0 atom stereocenters. The van der Waals surface area contributed by atoms with Gasteiger partial charge in [-0.2, -0.15) is 0 Å². The van der Waals surface area contributed by atoms with Crippen LogP contribution in [0.25, 0.3) is 43.7 Å². The average Bonchev–Trinajstić information content (AvgIpc) is 3.10. The Morgan fingerprint density at radius 1 is 0.917 bits per heavy atom. The monoisotopic (exact) mass is 311 g/mol. The highest BCUT2D eigenvalue weighted by molar-refractivity contribution is 6.17. The Bertz CT molecular complexity index is 1250. The van der Waals surface area contributed by atoms with Gasteiger partial charge < -0.3 is 8.98 Å². The molecule has 0 aliphatic carbocycles. The predicted octanol–water partition coefficient (Wildman–Crippen LogP) is 5.96. The van der Waals surface area contributed by atoms with E-state index in [1.165, 1.54) is 38.1 Å². The molecule has 24 heavy (non-hydrogen) atoms. The van der Waals surface area contributed by atoms with Crippen LogP contribution in [-0.4, -0.2) is 4.57 Å². The van der Waals surface area contributed by atoms with Crippen molar-refractivity contribution in [2.24, 2.45) is 7.05 Å². The van der Waals surface area contributed by atoms with Crippen molar-refractivity contribution in [1.82, 2.24) is 4.57 Å². The van der Waals surface area contributed by atoms with Gasteiger partial charge in [-0.25, -0.2) is 0 Å². The lowest BCUT2D eigenvalue weighted by Crippen LogP contribution is -1.91. The zero-order valence-electron chi connectivity index (χ0n) is 13.5. The van der Waals surface area contributed by atoms with Crippen LogP contribution < -0.4 is 0 Å². The highest BCUT2D eigenvalue weighted by Crippen LogP contribution is 2.37. The standard InChI is InChI=1S/C22H17NO/c1-3-7-14-8-6-10-16-17-12-18-15-9-4-5-11-20(15)24-21(18)13-19(17)23(2)22(14)16/h3-6,8-13H,1,7H2,2H3. The van der Waals surface area contributed by atoms with Crippen molar-refractivity contribution in [3.63, 3.8) is 0 Å². The Kier molecular flexibility index (Phi) is 2.66. The Labute approximate surface area is 139 Å². The molecule has 2 aromatic heterocycles. The molecule has 0 aliphatic rings. The molecular weight excluding hydrogens is 294 g/mol. The molecule has 3 aromatic carbocycles. The minimum atomic E-state index is 0.876. The number of benzene rings is 3. The summed E-state index contributed by atoms with van der Waals surface area (Å²) in [5.74, 6) is 0. The summed E-state index contributed by atoms with van der Waals surface area (Å²) in [6.45, 7) is 3.89. The van der Waals surface area contributed by atoms with E-state index in [0.29, 0.717) is 0 Å². The fourth-order valence-corrected chi connectivity index (χ4v) is 3.90. The second kappa shape index (κ2) is 4.75. The highest BCUT2D eigenvalue weighted by atomic mass is 16.3. The molecule has 116 valence electrons. The maximum absolute atomic E-state index is 6.06. The fourth-order valence-electron chi connectivity index (χ4n) is 3.90. The lowest BCUT2D eigenvalue weighted by atomic mass is 10.1. The van der Waals surface area contributed by atoms with Crippen molar-refractivity contribution < 1.29 is 4.42 Å². The van der Waals surface area contributed by atoms with Crippen LogP contribution in [0, 0.1) is 0 Å². The molecule has 5 rings (SSSR count). The summed E-state index contributed by atoms with van der Waals surface area (Å²) in [5, 5.41) is 4.92. The minimum absolute atomic E-state index is 0.876. The van der Waals surface area contributed by atoms with E-state index in [4.69, 9.17) is 4.42 Å². The van der Waals surface area contributed by atoms with Gasteiger partial charge in [0, 0.05) is 34.7 Å². The molecule has 0 unspecified atom stereocenters. The van der Waals surface area contributed by atoms with Crippen molar-refractivity contribution >= 4 is 43.7 Å². The zero-order valence-corrected chi connectivity index (χ0v) is 13.5. The molecule has 0 radical (unpaired) electrons. The van der Waals surface area contributed by atoms with Gasteiger partial charge in [0.05, 0.1) is 11.0 Å². The van der Waals surface area contributed by atoms with Crippen molar-refractivity contribution in [2.45, 2.75) is 6.42 Å². The summed E-state index contributed by atoms with van der Waals surface area (Å²) in [5.41, 5.74) is 5.68. The molecule has 2 heterocycles. The molecule has 0 fully saturated rings. The number of furan rings is 1. The fraction of sp³-hybridized carbons (Fsp3) is 0.0909. The van der Waals surface area contributed by atoms with Gasteiger partial charge in [-0.3, -0.25) is 0 Å². The summed E-state index contributed by atoms with van der Waals surface area (Å²) in [6, 6.07) is 19.2. The molecule has 0 N–H and O–H groups in total. The van der Waals surface area contributed by atoms with E-state index in [-0.39, 0.29) is 0 Å². The molecule has 2 nitrogen and oxygen atoms in total. The number of rotatable bonds is 2. The molecule has 2 heteroatoms. The first-order valence-electron chi connectivity index (χ1n) is 8.20. The van der Waals surface area contributed by atoms with Crippen LogP contribution >= 0.6 is 0 Å². The van der Waals surface area contributed by atoms with Crippen molar-refractivity contribution in [2.75, 3.05) is 0 Å². The molecule has 0 amide bonds. The van der Waals surface area contributed by atoms with Crippen LogP contribution in [0.4, 0.5) is 0 Å². The third-order valence-corrected chi connectivity index (χ3v) is 4.97. The first-order chi connectivity index (χ1) is 11.8. The summed E-state index contributed by atoms with van der Waals surface area (Å²) < 4.78 is 8.33. The minimum Gasteiger partial charge on any atom is -0.456 e. The van der Waals surface area contributed by atoms with Crippen LogP contribution in [0.1, 0.15) is 5.56 Å². The summed E-state index contributed by atoms with van der Waals surface area (Å²) in [6.07, 6.45) is 2.84. The summed E-state index contributed by atoms with van der Waals surface area (Å²) in [4.78, 5) is 0. The molecule has 0 bridgehead atoms. The Morgan fingerprint density at radius 3 is 2.62 bits per heavy atom. The van der Waals surface area contributed by atoms with Crippen molar-refractivity contribution in [3.05, 3.63) is 72.8 Å². The number of aryl methyl sites for hydroxylation is 1. The lowest BCUT2D eigenvalue weighted by Gasteiger charge is -2.03. The molecule has 5 aromatic rings. The Hall–Kier alpha value is -3.00. The zero-order chi connectivity index (χ0) is 16.3. The normalized spacial score (nSPS) is 11.9. The van der Waals surface area contributed by atoms with E-state index < -0.39 is 0 Å². The first kappa shape index (κ1) is 13.4. The number of para-hydroxylation sites is 2. The van der Waals surface area contributed by atoms with E-state index in [0.717, 1.165) is 17.6 Å². The number of fused-ring (bicyclic) bond motifs is 6.